The van der Waals surface area contributed by atoms with Gasteiger partial charge in [-0.1, -0.05) is 0 Å². The van der Waals surface area contributed by atoms with Gasteiger partial charge in [0.05, 0.1) is 12.5 Å². The van der Waals surface area contributed by atoms with Gasteiger partial charge in [0.15, 0.2) is 5.82 Å². The first-order valence-corrected chi connectivity index (χ1v) is 4.84. The van der Waals surface area contributed by atoms with E-state index in [-0.39, 0.29) is 10.9 Å². The zero-order valence-corrected chi connectivity index (χ0v) is 9.26. The van der Waals surface area contributed by atoms with Crippen molar-refractivity contribution in [2.75, 3.05) is 7.11 Å². The molecule has 0 amide bonds. The molecule has 6 heteroatoms. The number of ether oxygens (including phenoxy) is 1. The van der Waals surface area contributed by atoms with E-state index >= 15 is 0 Å². The molecule has 0 saturated carbocycles. The topological polar surface area (TPSA) is 55.0 Å². The van der Waals surface area contributed by atoms with Crippen LogP contribution in [0, 0.1) is 5.82 Å². The molecule has 0 bridgehead atoms. The number of carbonyl (C=O) groups excluding carboxylic acids is 1. The van der Waals surface area contributed by atoms with Crippen molar-refractivity contribution in [2.24, 2.45) is 0 Å². The predicted octanol–water partition coefficient (Wildman–Crippen LogP) is 2.25. The van der Waals surface area contributed by atoms with Crippen LogP contribution in [0.25, 0.3) is 11.0 Å². The molecule has 2 aromatic rings. The highest BCUT2D eigenvalue weighted by Gasteiger charge is 2.18. The van der Waals surface area contributed by atoms with Crippen LogP contribution >= 0.6 is 15.9 Å². The maximum atomic E-state index is 13.8. The van der Waals surface area contributed by atoms with Crippen LogP contribution in [0.4, 0.5) is 4.39 Å². The van der Waals surface area contributed by atoms with Crippen LogP contribution in [0.15, 0.2) is 16.9 Å². The first-order valence-electron chi connectivity index (χ1n) is 4.04. The Balaban J connectivity index is 2.74. The Morgan fingerprint density at radius 3 is 3.07 bits per heavy atom. The molecule has 2 aromatic heterocycles. The molecule has 0 aliphatic rings. The Morgan fingerprint density at radius 1 is 1.67 bits per heavy atom. The number of nitrogens with zero attached hydrogens (tertiary/aromatic N) is 1. The van der Waals surface area contributed by atoms with Gasteiger partial charge in [-0.15, -0.1) is 0 Å². The van der Waals surface area contributed by atoms with E-state index in [0.717, 1.165) is 6.20 Å². The van der Waals surface area contributed by atoms with E-state index < -0.39 is 11.8 Å². The summed E-state index contributed by atoms with van der Waals surface area (Å²) in [7, 11) is 1.19. The van der Waals surface area contributed by atoms with Crippen molar-refractivity contribution < 1.29 is 13.9 Å². The molecule has 1 N–H and O–H groups in total. The van der Waals surface area contributed by atoms with Crippen molar-refractivity contribution in [3.63, 3.8) is 0 Å². The third kappa shape index (κ3) is 1.50. The highest BCUT2D eigenvalue weighted by Crippen LogP contribution is 2.26. The SMILES string of the molecule is COC(=O)c1cnc2[nH]cc(Br)c2c1F. The molecular weight excluding hydrogens is 267 g/mol. The Morgan fingerprint density at radius 2 is 2.40 bits per heavy atom. The second kappa shape index (κ2) is 3.62. The fourth-order valence-corrected chi connectivity index (χ4v) is 1.75. The monoisotopic (exact) mass is 272 g/mol. The molecule has 0 aliphatic carbocycles. The van der Waals surface area contributed by atoms with Crippen LogP contribution in [0.3, 0.4) is 0 Å². The van der Waals surface area contributed by atoms with Gasteiger partial charge >= 0.3 is 5.97 Å². The molecule has 0 saturated heterocycles. The molecule has 0 aliphatic heterocycles. The first kappa shape index (κ1) is 10.1. The minimum Gasteiger partial charge on any atom is -0.465 e. The predicted molar refractivity (Wildman–Crippen MR) is 55.1 cm³/mol. The van der Waals surface area contributed by atoms with Gasteiger partial charge in [-0.2, -0.15) is 0 Å². The molecule has 15 heavy (non-hydrogen) atoms. The molecule has 0 radical (unpaired) electrons. The summed E-state index contributed by atoms with van der Waals surface area (Å²) in [4.78, 5) is 17.9. The van der Waals surface area contributed by atoms with Crippen molar-refractivity contribution in [3.8, 4) is 0 Å². The lowest BCUT2D eigenvalue weighted by molar-refractivity contribution is 0.0595. The lowest BCUT2D eigenvalue weighted by atomic mass is 10.2. The Hall–Kier alpha value is -1.43. The third-order valence-corrected chi connectivity index (χ3v) is 2.62. The number of nitrogens with one attached hydrogen (secondary N) is 1. The molecule has 2 rings (SSSR count). The number of fused-ring (bicyclic) bond motifs is 1. The van der Waals surface area contributed by atoms with Crippen LogP contribution < -0.4 is 0 Å². The number of H-pyrrole nitrogens is 1. The van der Waals surface area contributed by atoms with E-state index in [0.29, 0.717) is 10.1 Å². The molecule has 0 unspecified atom stereocenters. The van der Waals surface area contributed by atoms with Gasteiger partial charge in [0.2, 0.25) is 0 Å². The van der Waals surface area contributed by atoms with E-state index in [4.69, 9.17) is 0 Å². The highest BCUT2D eigenvalue weighted by atomic mass is 79.9. The third-order valence-electron chi connectivity index (χ3n) is 2.00. The normalized spacial score (nSPS) is 10.6. The van der Waals surface area contributed by atoms with E-state index in [9.17, 15) is 9.18 Å². The number of hydrogen-bond donors (Lipinski definition) is 1. The second-order valence-electron chi connectivity index (χ2n) is 2.84. The van der Waals surface area contributed by atoms with Gasteiger partial charge in [-0.05, 0) is 15.9 Å². The molecule has 4 nitrogen and oxygen atoms in total. The summed E-state index contributed by atoms with van der Waals surface area (Å²) in [6, 6.07) is 0. The fraction of sp³-hybridized carbons (Fsp3) is 0.111. The molecule has 0 spiro atoms. The minimum atomic E-state index is -0.741. The van der Waals surface area contributed by atoms with Crippen molar-refractivity contribution in [1.82, 2.24) is 9.97 Å². The summed E-state index contributed by atoms with van der Waals surface area (Å²) in [6.45, 7) is 0. The average Bonchev–Trinajstić information content (AvgIpc) is 2.61. The summed E-state index contributed by atoms with van der Waals surface area (Å²) < 4.78 is 18.8. The van der Waals surface area contributed by atoms with Gasteiger partial charge in [0.1, 0.15) is 11.2 Å². The van der Waals surface area contributed by atoms with Crippen LogP contribution in [-0.2, 0) is 4.74 Å². The Labute approximate surface area is 92.6 Å². The van der Waals surface area contributed by atoms with E-state index in [1.54, 1.807) is 6.20 Å². The Bertz CT molecular complexity index is 538. The standard InChI is InChI=1S/C9H6BrFN2O2/c1-15-9(14)4-2-12-8-6(7(4)11)5(10)3-13-8/h2-3H,1H3,(H,12,13). The molecular formula is C9H6BrFN2O2. The van der Waals surface area contributed by atoms with Gasteiger partial charge < -0.3 is 9.72 Å². The Kier molecular flexibility index (Phi) is 2.44. The number of esters is 1. The smallest absolute Gasteiger partial charge is 0.342 e. The maximum Gasteiger partial charge on any atom is 0.342 e. The first-order chi connectivity index (χ1) is 7.15. The van der Waals surface area contributed by atoms with Crippen LogP contribution in [0.5, 0.6) is 0 Å². The summed E-state index contributed by atoms with van der Waals surface area (Å²) in [6.07, 6.45) is 2.70. The number of methoxy groups -OCH3 is 1. The number of aromatic nitrogens is 2. The van der Waals surface area contributed by atoms with E-state index in [1.165, 1.54) is 7.11 Å². The van der Waals surface area contributed by atoms with Gasteiger partial charge in [-0.25, -0.2) is 14.2 Å². The van der Waals surface area contributed by atoms with Crippen molar-refractivity contribution in [1.29, 1.82) is 0 Å². The summed E-state index contributed by atoms with van der Waals surface area (Å²) >= 11 is 3.16. The lowest BCUT2D eigenvalue weighted by Gasteiger charge is -2.01. The summed E-state index contributed by atoms with van der Waals surface area (Å²) in [5, 5.41) is 0.248. The van der Waals surface area contributed by atoms with Crippen molar-refractivity contribution >= 4 is 32.9 Å². The highest BCUT2D eigenvalue weighted by molar-refractivity contribution is 9.10. The van der Waals surface area contributed by atoms with E-state index in [2.05, 4.69) is 30.6 Å². The number of aromatic amines is 1. The number of rotatable bonds is 1. The maximum absolute atomic E-state index is 13.8. The molecule has 0 fully saturated rings. The summed E-state index contributed by atoms with van der Waals surface area (Å²) in [5.74, 6) is -1.38. The fourth-order valence-electron chi connectivity index (χ4n) is 1.27. The number of hydrogen-bond acceptors (Lipinski definition) is 3. The molecule has 78 valence electrons. The average molecular weight is 273 g/mol. The van der Waals surface area contributed by atoms with Crippen LogP contribution in [0.1, 0.15) is 10.4 Å². The molecule has 0 atom stereocenters. The van der Waals surface area contributed by atoms with Crippen molar-refractivity contribution in [2.45, 2.75) is 0 Å². The van der Waals surface area contributed by atoms with Crippen LogP contribution in [0.2, 0.25) is 0 Å². The number of carbonyl (C=O) groups is 1. The lowest BCUT2D eigenvalue weighted by Crippen LogP contribution is -2.05. The quantitative estimate of drug-likeness (QED) is 0.811. The minimum absolute atomic E-state index is 0.176. The van der Waals surface area contributed by atoms with Crippen molar-refractivity contribution in [3.05, 3.63) is 28.2 Å². The van der Waals surface area contributed by atoms with Gasteiger partial charge in [0.25, 0.3) is 0 Å². The number of halogens is 2. The zero-order chi connectivity index (χ0) is 11.0. The van der Waals surface area contributed by atoms with E-state index in [1.807, 2.05) is 0 Å². The largest absolute Gasteiger partial charge is 0.465 e. The van der Waals surface area contributed by atoms with Crippen LogP contribution in [-0.4, -0.2) is 23.0 Å². The zero-order valence-electron chi connectivity index (χ0n) is 7.67. The summed E-state index contributed by atoms with van der Waals surface area (Å²) in [5.41, 5.74) is 0.206. The van der Waals surface area contributed by atoms with Gasteiger partial charge in [-0.3, -0.25) is 0 Å². The molecule has 0 aromatic carbocycles. The molecule has 2 heterocycles. The van der Waals surface area contributed by atoms with Gasteiger partial charge in [0, 0.05) is 16.9 Å². The second-order valence-corrected chi connectivity index (χ2v) is 3.69. The number of pyridine rings is 1.